The second kappa shape index (κ2) is 9.47. The minimum atomic E-state index is 0.228. The van der Waals surface area contributed by atoms with Crippen LogP contribution in [0.1, 0.15) is 85.6 Å². The van der Waals surface area contributed by atoms with E-state index >= 15 is 0 Å². The summed E-state index contributed by atoms with van der Waals surface area (Å²) in [5.41, 5.74) is 6.38. The van der Waals surface area contributed by atoms with E-state index in [1.54, 1.807) is 36.2 Å². The van der Waals surface area contributed by atoms with Gasteiger partial charge in [0.2, 0.25) is 0 Å². The predicted molar refractivity (Wildman–Crippen MR) is 133 cm³/mol. The molecule has 0 saturated carbocycles. The van der Waals surface area contributed by atoms with Crippen LogP contribution in [-0.2, 0) is 41.6 Å². The molecule has 0 amide bonds. The highest BCUT2D eigenvalue weighted by Gasteiger charge is 2.35. The Labute approximate surface area is 200 Å². The van der Waals surface area contributed by atoms with Gasteiger partial charge in [-0.15, -0.1) is 22.7 Å². The van der Waals surface area contributed by atoms with Gasteiger partial charge in [0.25, 0.3) is 0 Å². The van der Waals surface area contributed by atoms with Crippen LogP contribution in [0.2, 0.25) is 0 Å². The first kappa shape index (κ1) is 21.8. The highest BCUT2D eigenvalue weighted by Crippen LogP contribution is 2.46. The van der Waals surface area contributed by atoms with Crippen LogP contribution in [0.15, 0.2) is 0 Å². The van der Waals surface area contributed by atoms with Gasteiger partial charge in [-0.3, -0.25) is 0 Å². The molecule has 3 atom stereocenters. The average molecular weight is 473 g/mol. The molecule has 4 aliphatic rings. The summed E-state index contributed by atoms with van der Waals surface area (Å²) in [7, 11) is 2.03. The highest BCUT2D eigenvalue weighted by atomic mass is 32.1. The van der Waals surface area contributed by atoms with E-state index in [9.17, 15) is 0 Å². The van der Waals surface area contributed by atoms with Crippen LogP contribution in [0.5, 0.6) is 0 Å². The molecule has 0 fully saturated rings. The molecule has 32 heavy (non-hydrogen) atoms. The van der Waals surface area contributed by atoms with Crippen molar-refractivity contribution in [3.63, 3.8) is 0 Å². The summed E-state index contributed by atoms with van der Waals surface area (Å²) >= 11 is 4.17. The second-order valence-corrected chi connectivity index (χ2v) is 12.2. The zero-order valence-corrected chi connectivity index (χ0v) is 20.9. The maximum atomic E-state index is 6.39. The number of hydrogen-bond donors (Lipinski definition) is 2. The minimum absolute atomic E-state index is 0.228. The predicted octanol–water partition coefficient (Wildman–Crippen LogP) is 4.85. The van der Waals surface area contributed by atoms with Gasteiger partial charge in [-0.05, 0) is 74.2 Å². The quantitative estimate of drug-likeness (QED) is 0.590. The van der Waals surface area contributed by atoms with Gasteiger partial charge in [0, 0.05) is 51.5 Å². The Balaban J connectivity index is 1.16. The van der Waals surface area contributed by atoms with E-state index in [1.807, 2.05) is 7.05 Å². The van der Waals surface area contributed by atoms with E-state index in [2.05, 4.69) is 33.3 Å². The maximum absolute atomic E-state index is 6.39. The van der Waals surface area contributed by atoms with Crippen molar-refractivity contribution >= 4 is 22.7 Å². The number of likely N-dealkylation sites (N-methyl/N-ethyl adjacent to an activating group) is 1. The first-order chi connectivity index (χ1) is 15.8. The normalized spacial score (nSPS) is 26.8. The Bertz CT molecular complexity index is 966. The number of thiophene rings is 2. The van der Waals surface area contributed by atoms with Crippen molar-refractivity contribution in [2.24, 2.45) is 0 Å². The van der Waals surface area contributed by atoms with Crippen LogP contribution < -0.4 is 10.6 Å². The van der Waals surface area contributed by atoms with Crippen LogP contribution >= 0.6 is 22.7 Å². The van der Waals surface area contributed by atoms with Crippen LogP contribution in [0, 0.1) is 0 Å². The van der Waals surface area contributed by atoms with Gasteiger partial charge in [-0.1, -0.05) is 6.42 Å². The first-order valence-electron chi connectivity index (χ1n) is 12.7. The molecule has 2 aliphatic carbocycles. The molecule has 2 aromatic rings. The maximum Gasteiger partial charge on any atom is 0.0962 e. The number of ether oxygens (including phenoxy) is 2. The zero-order chi connectivity index (χ0) is 21.5. The third kappa shape index (κ3) is 3.91. The minimum Gasteiger partial charge on any atom is -0.372 e. The lowest BCUT2D eigenvalue weighted by Gasteiger charge is -2.31. The van der Waals surface area contributed by atoms with Gasteiger partial charge in [0.1, 0.15) is 0 Å². The van der Waals surface area contributed by atoms with Crippen LogP contribution in [0.4, 0.5) is 0 Å². The SMILES string of the molecule is CNCC1OCC(CNCC2OCCc3sc4c(c32)CCCCC4)c2sc3c(c21)CCC3. The van der Waals surface area contributed by atoms with Crippen molar-refractivity contribution in [1.82, 2.24) is 10.6 Å². The summed E-state index contributed by atoms with van der Waals surface area (Å²) in [5.74, 6) is 0.469. The number of nitrogens with one attached hydrogen (secondary N) is 2. The molecule has 6 heteroatoms. The van der Waals surface area contributed by atoms with E-state index in [0.29, 0.717) is 5.92 Å². The average Bonchev–Trinajstić information content (AvgIpc) is 3.44. The molecule has 4 heterocycles. The molecule has 4 nitrogen and oxygen atoms in total. The standard InChI is InChI=1S/C26H36N2O2S2/c1-27-13-19-25-18-7-5-9-22(18)32-26(25)16(15-30-19)12-28-14-20-24-17-6-3-2-4-8-21(17)31-23(24)10-11-29-20/h16,19-20,27-28H,2-15H2,1H3. The topological polar surface area (TPSA) is 42.5 Å². The molecule has 0 bridgehead atoms. The van der Waals surface area contributed by atoms with E-state index in [-0.39, 0.29) is 12.2 Å². The number of fused-ring (bicyclic) bond motifs is 6. The lowest BCUT2D eigenvalue weighted by Crippen LogP contribution is -2.34. The summed E-state index contributed by atoms with van der Waals surface area (Å²) in [6.45, 7) is 4.53. The molecule has 2 aromatic heterocycles. The lowest BCUT2D eigenvalue weighted by atomic mass is 9.93. The second-order valence-electron chi connectivity index (χ2n) is 9.88. The van der Waals surface area contributed by atoms with E-state index < -0.39 is 0 Å². The summed E-state index contributed by atoms with van der Waals surface area (Å²) in [5, 5.41) is 7.17. The lowest BCUT2D eigenvalue weighted by molar-refractivity contribution is 0.0255. The molecule has 2 N–H and O–H groups in total. The Morgan fingerprint density at radius 2 is 1.53 bits per heavy atom. The van der Waals surface area contributed by atoms with Gasteiger partial charge >= 0.3 is 0 Å². The van der Waals surface area contributed by atoms with E-state index in [1.165, 1.54) is 56.9 Å². The van der Waals surface area contributed by atoms with Gasteiger partial charge in [0.15, 0.2) is 0 Å². The van der Waals surface area contributed by atoms with Crippen LogP contribution in [0.25, 0.3) is 0 Å². The molecule has 2 aliphatic heterocycles. The molecule has 0 aromatic carbocycles. The first-order valence-corrected chi connectivity index (χ1v) is 14.3. The van der Waals surface area contributed by atoms with Crippen molar-refractivity contribution in [2.75, 3.05) is 39.9 Å². The van der Waals surface area contributed by atoms with Crippen molar-refractivity contribution in [1.29, 1.82) is 0 Å². The van der Waals surface area contributed by atoms with Gasteiger partial charge in [-0.2, -0.15) is 0 Å². The van der Waals surface area contributed by atoms with E-state index in [4.69, 9.17) is 9.47 Å². The number of rotatable bonds is 6. The van der Waals surface area contributed by atoms with E-state index in [0.717, 1.165) is 39.3 Å². The molecule has 3 unspecified atom stereocenters. The fourth-order valence-corrected chi connectivity index (χ4v) is 9.26. The molecule has 0 radical (unpaired) electrons. The zero-order valence-electron chi connectivity index (χ0n) is 19.3. The van der Waals surface area contributed by atoms with Crippen LogP contribution in [0.3, 0.4) is 0 Å². The third-order valence-corrected chi connectivity index (χ3v) is 10.6. The monoisotopic (exact) mass is 472 g/mol. The fraction of sp³-hybridized carbons (Fsp3) is 0.692. The molecular weight excluding hydrogens is 436 g/mol. The molecule has 0 saturated heterocycles. The number of hydrogen-bond acceptors (Lipinski definition) is 6. The Morgan fingerprint density at radius 3 is 2.47 bits per heavy atom. The smallest absolute Gasteiger partial charge is 0.0962 e. The Hall–Kier alpha value is -0.760. The summed E-state index contributed by atoms with van der Waals surface area (Å²) in [4.78, 5) is 6.51. The molecule has 0 spiro atoms. The molecule has 6 rings (SSSR count). The summed E-state index contributed by atoms with van der Waals surface area (Å²) in [6, 6.07) is 0. The van der Waals surface area contributed by atoms with Gasteiger partial charge in [-0.25, -0.2) is 0 Å². The molecule has 174 valence electrons. The highest BCUT2D eigenvalue weighted by molar-refractivity contribution is 7.12. The van der Waals surface area contributed by atoms with Crippen molar-refractivity contribution < 1.29 is 9.47 Å². The summed E-state index contributed by atoms with van der Waals surface area (Å²) < 4.78 is 12.7. The van der Waals surface area contributed by atoms with Gasteiger partial charge in [0.05, 0.1) is 25.4 Å². The van der Waals surface area contributed by atoms with Crippen molar-refractivity contribution in [3.05, 3.63) is 41.8 Å². The van der Waals surface area contributed by atoms with Gasteiger partial charge < -0.3 is 20.1 Å². The Morgan fingerprint density at radius 1 is 0.750 bits per heavy atom. The summed E-state index contributed by atoms with van der Waals surface area (Å²) in [6.07, 6.45) is 12.0. The van der Waals surface area contributed by atoms with Crippen molar-refractivity contribution in [3.8, 4) is 0 Å². The Kier molecular flexibility index (Phi) is 6.44. The largest absolute Gasteiger partial charge is 0.372 e. The fourth-order valence-electron chi connectivity index (χ4n) is 6.31. The van der Waals surface area contributed by atoms with Crippen molar-refractivity contribution in [2.45, 2.75) is 75.9 Å². The third-order valence-electron chi connectivity index (χ3n) is 7.80. The number of aryl methyl sites for hydroxylation is 2. The van der Waals surface area contributed by atoms with Crippen LogP contribution in [-0.4, -0.2) is 39.9 Å². The molecular formula is C26H36N2O2S2.